The second-order valence-corrected chi connectivity index (χ2v) is 5.45. The summed E-state index contributed by atoms with van der Waals surface area (Å²) in [6, 6.07) is 7.91. The van der Waals surface area contributed by atoms with Crippen molar-refractivity contribution in [3.05, 3.63) is 47.7 Å². The Kier molecular flexibility index (Phi) is 5.15. The number of carbonyl (C=O) groups excluding carboxylic acids is 1. The van der Waals surface area contributed by atoms with Crippen molar-refractivity contribution in [1.82, 2.24) is 10.3 Å². The number of ether oxygens (including phenoxy) is 3. The number of nitrogens with zero attached hydrogens (tertiary/aromatic N) is 1. The quantitative estimate of drug-likeness (QED) is 0.879. The molecule has 0 aliphatic carbocycles. The third kappa shape index (κ3) is 4.78. The minimum atomic E-state index is -4.44. The van der Waals surface area contributed by atoms with Crippen LogP contribution in [-0.2, 0) is 6.54 Å². The molecule has 2 heterocycles. The molecule has 2 aromatic rings. The molecule has 0 saturated heterocycles. The van der Waals surface area contributed by atoms with Gasteiger partial charge in [-0.3, -0.25) is 4.79 Å². The van der Waals surface area contributed by atoms with E-state index in [-0.39, 0.29) is 18.0 Å². The highest BCUT2D eigenvalue weighted by Gasteiger charge is 2.28. The van der Waals surface area contributed by atoms with Gasteiger partial charge in [0, 0.05) is 18.8 Å². The Labute approximate surface area is 146 Å². The van der Waals surface area contributed by atoms with Crippen LogP contribution in [0.2, 0.25) is 0 Å². The molecule has 1 aliphatic heterocycles. The van der Waals surface area contributed by atoms with Gasteiger partial charge in [-0.1, -0.05) is 6.07 Å². The predicted molar refractivity (Wildman–Crippen MR) is 84.4 cm³/mol. The van der Waals surface area contributed by atoms with Gasteiger partial charge < -0.3 is 19.5 Å². The maximum atomic E-state index is 12.1. The molecule has 0 unspecified atom stereocenters. The summed E-state index contributed by atoms with van der Waals surface area (Å²) < 4.78 is 51.6. The molecule has 0 saturated carbocycles. The Bertz CT molecular complexity index is 779. The van der Waals surface area contributed by atoms with Crippen molar-refractivity contribution in [2.45, 2.75) is 12.7 Å². The highest BCUT2D eigenvalue weighted by molar-refractivity contribution is 5.93. The van der Waals surface area contributed by atoms with E-state index in [0.717, 1.165) is 11.8 Å². The molecule has 9 heteroatoms. The van der Waals surface area contributed by atoms with Crippen LogP contribution in [0.15, 0.2) is 36.5 Å². The Balaban J connectivity index is 1.55. The summed E-state index contributed by atoms with van der Waals surface area (Å²) >= 11 is 0. The number of rotatable bonds is 5. The first-order chi connectivity index (χ1) is 12.4. The van der Waals surface area contributed by atoms with Crippen molar-refractivity contribution < 1.29 is 32.2 Å². The zero-order valence-electron chi connectivity index (χ0n) is 13.5. The predicted octanol–water partition coefficient (Wildman–Crippen LogP) is 2.72. The normalized spacial score (nSPS) is 13.2. The topological polar surface area (TPSA) is 69.7 Å². The van der Waals surface area contributed by atoms with Crippen LogP contribution in [0.4, 0.5) is 13.2 Å². The summed E-state index contributed by atoms with van der Waals surface area (Å²) in [5, 5.41) is 2.70. The van der Waals surface area contributed by atoms with E-state index in [0.29, 0.717) is 24.7 Å². The highest BCUT2D eigenvalue weighted by atomic mass is 19.4. The summed E-state index contributed by atoms with van der Waals surface area (Å²) in [5.74, 6) is 0.668. The van der Waals surface area contributed by atoms with Crippen LogP contribution in [-0.4, -0.2) is 36.9 Å². The number of hydrogen-bond donors (Lipinski definition) is 1. The van der Waals surface area contributed by atoms with Gasteiger partial charge in [0.1, 0.15) is 13.2 Å². The summed E-state index contributed by atoms with van der Waals surface area (Å²) in [6.45, 7) is -0.215. The molecule has 0 radical (unpaired) electrons. The van der Waals surface area contributed by atoms with Crippen molar-refractivity contribution in [1.29, 1.82) is 0 Å². The van der Waals surface area contributed by atoms with Crippen LogP contribution >= 0.6 is 0 Å². The van der Waals surface area contributed by atoms with E-state index < -0.39 is 18.7 Å². The molecule has 1 aromatic carbocycles. The fourth-order valence-corrected chi connectivity index (χ4v) is 2.24. The fraction of sp³-hybridized carbons (Fsp3) is 0.294. The molecule has 26 heavy (non-hydrogen) atoms. The van der Waals surface area contributed by atoms with Crippen LogP contribution in [0.1, 0.15) is 15.9 Å². The molecule has 1 aromatic heterocycles. The first kappa shape index (κ1) is 17.8. The second kappa shape index (κ2) is 7.51. The van der Waals surface area contributed by atoms with E-state index in [9.17, 15) is 18.0 Å². The van der Waals surface area contributed by atoms with Gasteiger partial charge in [0.05, 0.1) is 5.56 Å². The van der Waals surface area contributed by atoms with E-state index >= 15 is 0 Å². The lowest BCUT2D eigenvalue weighted by Gasteiger charge is -2.19. The maximum Gasteiger partial charge on any atom is 0.422 e. The van der Waals surface area contributed by atoms with Crippen molar-refractivity contribution >= 4 is 5.91 Å². The maximum absolute atomic E-state index is 12.1. The Morgan fingerprint density at radius 2 is 1.92 bits per heavy atom. The smallest absolute Gasteiger partial charge is 0.422 e. The van der Waals surface area contributed by atoms with Crippen molar-refractivity contribution in [2.75, 3.05) is 19.8 Å². The number of hydrogen-bond acceptors (Lipinski definition) is 5. The van der Waals surface area contributed by atoms with Gasteiger partial charge in [0.25, 0.3) is 5.91 Å². The number of pyridine rings is 1. The van der Waals surface area contributed by atoms with Crippen molar-refractivity contribution in [3.8, 4) is 17.4 Å². The number of amides is 1. The molecule has 6 nitrogen and oxygen atoms in total. The monoisotopic (exact) mass is 368 g/mol. The zero-order valence-corrected chi connectivity index (χ0v) is 13.5. The Morgan fingerprint density at radius 3 is 2.62 bits per heavy atom. The molecule has 1 N–H and O–H groups in total. The van der Waals surface area contributed by atoms with Gasteiger partial charge in [0.15, 0.2) is 18.1 Å². The van der Waals surface area contributed by atoms with Crippen LogP contribution < -0.4 is 19.5 Å². The number of nitrogens with one attached hydrogen (secondary N) is 1. The molecule has 0 atom stereocenters. The standard InChI is InChI=1S/C17H15F3N2O4/c18-17(19,20)10-26-15-4-2-12(9-21-15)16(23)22-8-11-1-3-13-14(7-11)25-6-5-24-13/h1-4,7,9H,5-6,8,10H2,(H,22,23). The first-order valence-electron chi connectivity index (χ1n) is 7.73. The van der Waals surface area contributed by atoms with E-state index in [4.69, 9.17) is 9.47 Å². The minimum absolute atomic E-state index is 0.203. The highest BCUT2D eigenvalue weighted by Crippen LogP contribution is 2.30. The second-order valence-electron chi connectivity index (χ2n) is 5.45. The van der Waals surface area contributed by atoms with E-state index in [1.165, 1.54) is 12.1 Å². The number of alkyl halides is 3. The number of benzene rings is 1. The van der Waals surface area contributed by atoms with Gasteiger partial charge in [-0.05, 0) is 23.8 Å². The molecular formula is C17H15F3N2O4. The summed E-state index contributed by atoms with van der Waals surface area (Å²) in [6.07, 6.45) is -3.29. The van der Waals surface area contributed by atoms with E-state index in [1.54, 1.807) is 18.2 Å². The number of halogens is 3. The number of aromatic nitrogens is 1. The zero-order chi connectivity index (χ0) is 18.6. The lowest BCUT2D eigenvalue weighted by atomic mass is 10.2. The van der Waals surface area contributed by atoms with Gasteiger partial charge in [0.2, 0.25) is 5.88 Å². The van der Waals surface area contributed by atoms with Gasteiger partial charge in [-0.2, -0.15) is 13.2 Å². The van der Waals surface area contributed by atoms with E-state index in [1.807, 2.05) is 0 Å². The molecule has 3 rings (SSSR count). The van der Waals surface area contributed by atoms with Crippen LogP contribution in [0.25, 0.3) is 0 Å². The number of carbonyl (C=O) groups is 1. The summed E-state index contributed by atoms with van der Waals surface area (Å²) in [5.41, 5.74) is 1.03. The third-order valence-corrected chi connectivity index (χ3v) is 3.44. The van der Waals surface area contributed by atoms with Gasteiger partial charge >= 0.3 is 6.18 Å². The minimum Gasteiger partial charge on any atom is -0.486 e. The Morgan fingerprint density at radius 1 is 1.15 bits per heavy atom. The fourth-order valence-electron chi connectivity index (χ4n) is 2.24. The van der Waals surface area contributed by atoms with Gasteiger partial charge in [-0.15, -0.1) is 0 Å². The SMILES string of the molecule is O=C(NCc1ccc2c(c1)OCCO2)c1ccc(OCC(F)(F)F)nc1. The molecular weight excluding hydrogens is 353 g/mol. The van der Waals surface area contributed by atoms with Gasteiger partial charge in [-0.25, -0.2) is 4.98 Å². The summed E-state index contributed by atoms with van der Waals surface area (Å²) in [4.78, 5) is 15.8. The molecule has 138 valence electrons. The largest absolute Gasteiger partial charge is 0.486 e. The molecule has 1 aliphatic rings. The average Bonchev–Trinajstić information content (AvgIpc) is 2.64. The van der Waals surface area contributed by atoms with Crippen molar-refractivity contribution in [3.63, 3.8) is 0 Å². The first-order valence-corrected chi connectivity index (χ1v) is 7.73. The van der Waals surface area contributed by atoms with Crippen LogP contribution in [0, 0.1) is 0 Å². The molecule has 1 amide bonds. The molecule has 0 bridgehead atoms. The molecule has 0 fully saturated rings. The van der Waals surface area contributed by atoms with Crippen LogP contribution in [0.5, 0.6) is 17.4 Å². The third-order valence-electron chi connectivity index (χ3n) is 3.44. The van der Waals surface area contributed by atoms with Crippen molar-refractivity contribution in [2.24, 2.45) is 0 Å². The molecule has 0 spiro atoms. The lowest BCUT2D eigenvalue weighted by Crippen LogP contribution is -2.23. The lowest BCUT2D eigenvalue weighted by molar-refractivity contribution is -0.154. The van der Waals surface area contributed by atoms with E-state index in [2.05, 4.69) is 15.0 Å². The Hall–Kier alpha value is -2.97. The number of fused-ring (bicyclic) bond motifs is 1. The van der Waals surface area contributed by atoms with Crippen LogP contribution in [0.3, 0.4) is 0 Å². The summed E-state index contributed by atoms with van der Waals surface area (Å²) in [7, 11) is 0. The average molecular weight is 368 g/mol.